The average molecular weight is 284 g/mol. The van der Waals surface area contributed by atoms with Gasteiger partial charge in [-0.3, -0.25) is 4.98 Å². The van der Waals surface area contributed by atoms with E-state index in [2.05, 4.69) is 4.98 Å². The van der Waals surface area contributed by atoms with Crippen LogP contribution in [0.4, 0.5) is 0 Å². The summed E-state index contributed by atoms with van der Waals surface area (Å²) in [4.78, 5) is 16.2. The van der Waals surface area contributed by atoms with Crippen LogP contribution in [-0.4, -0.2) is 17.6 Å². The van der Waals surface area contributed by atoms with Crippen LogP contribution in [0.1, 0.15) is 23.0 Å². The van der Waals surface area contributed by atoms with Crippen LogP contribution >= 0.6 is 23.2 Å². The predicted molar refractivity (Wildman–Crippen MR) is 72.5 cm³/mol. The van der Waals surface area contributed by atoms with Crippen LogP contribution in [0.2, 0.25) is 10.0 Å². The number of aryl methyl sites for hydroxylation is 1. The molecule has 1 heterocycles. The molecule has 0 aliphatic carbocycles. The lowest BCUT2D eigenvalue weighted by atomic mass is 10.1. The van der Waals surface area contributed by atoms with E-state index in [0.29, 0.717) is 38.8 Å². The van der Waals surface area contributed by atoms with Gasteiger partial charge in [-0.2, -0.15) is 0 Å². The van der Waals surface area contributed by atoms with Crippen LogP contribution in [0, 0.1) is 6.92 Å². The van der Waals surface area contributed by atoms with Gasteiger partial charge in [-0.25, -0.2) is 4.79 Å². The normalized spacial score (nSPS) is 10.7. The highest BCUT2D eigenvalue weighted by atomic mass is 35.5. The van der Waals surface area contributed by atoms with Crippen molar-refractivity contribution in [3.05, 3.63) is 39.5 Å². The van der Waals surface area contributed by atoms with Crippen LogP contribution in [0.3, 0.4) is 0 Å². The van der Waals surface area contributed by atoms with Gasteiger partial charge in [0.2, 0.25) is 0 Å². The van der Waals surface area contributed by atoms with E-state index in [0.717, 1.165) is 0 Å². The number of benzene rings is 1. The lowest BCUT2D eigenvalue weighted by Crippen LogP contribution is -2.06. The highest BCUT2D eigenvalue weighted by Gasteiger charge is 2.15. The van der Waals surface area contributed by atoms with Gasteiger partial charge < -0.3 is 4.74 Å². The van der Waals surface area contributed by atoms with Gasteiger partial charge in [0, 0.05) is 16.1 Å². The molecule has 94 valence electrons. The number of pyridine rings is 1. The Hall–Kier alpha value is -1.32. The molecule has 0 bridgehead atoms. The van der Waals surface area contributed by atoms with Crippen molar-refractivity contribution in [2.45, 2.75) is 13.8 Å². The van der Waals surface area contributed by atoms with Gasteiger partial charge in [-0.05, 0) is 32.0 Å². The first kappa shape index (κ1) is 13.1. The molecule has 0 radical (unpaired) electrons. The second-order valence-electron chi connectivity index (χ2n) is 3.82. The number of halogens is 2. The Labute approximate surface area is 115 Å². The van der Waals surface area contributed by atoms with Gasteiger partial charge in [0.1, 0.15) is 0 Å². The lowest BCUT2D eigenvalue weighted by Gasteiger charge is -2.08. The molecule has 0 aliphatic heterocycles. The Kier molecular flexibility index (Phi) is 3.73. The van der Waals surface area contributed by atoms with Crippen LogP contribution in [0.5, 0.6) is 0 Å². The minimum absolute atomic E-state index is 0.315. The summed E-state index contributed by atoms with van der Waals surface area (Å²) in [7, 11) is 0. The van der Waals surface area contributed by atoms with Gasteiger partial charge in [0.25, 0.3) is 0 Å². The molecule has 0 N–H and O–H groups in total. The van der Waals surface area contributed by atoms with Crippen LogP contribution < -0.4 is 0 Å². The Balaban J connectivity index is 2.75. The van der Waals surface area contributed by atoms with Crippen molar-refractivity contribution in [1.82, 2.24) is 4.98 Å². The number of fused-ring (bicyclic) bond motifs is 1. The minimum atomic E-state index is -0.397. The number of rotatable bonds is 2. The number of aromatic nitrogens is 1. The molecule has 0 saturated heterocycles. The number of esters is 1. The van der Waals surface area contributed by atoms with E-state index in [4.69, 9.17) is 27.9 Å². The maximum absolute atomic E-state index is 11.9. The first-order chi connectivity index (χ1) is 8.52. The summed E-state index contributed by atoms with van der Waals surface area (Å²) in [5, 5.41) is 1.49. The standard InChI is InChI=1S/C13H11Cl2NO2/c1-3-18-13(17)10-4-7(2)16-12-9(10)5-8(14)6-11(12)15/h4-6H,3H2,1-2H3. The zero-order valence-corrected chi connectivity index (χ0v) is 11.5. The maximum atomic E-state index is 11.9. The Bertz CT molecular complexity index is 626. The fourth-order valence-corrected chi connectivity index (χ4v) is 2.29. The van der Waals surface area contributed by atoms with E-state index in [1.54, 1.807) is 32.0 Å². The SMILES string of the molecule is CCOC(=O)c1cc(C)nc2c(Cl)cc(Cl)cc12. The average Bonchev–Trinajstić information content (AvgIpc) is 2.29. The molecular weight excluding hydrogens is 273 g/mol. The first-order valence-corrected chi connectivity index (χ1v) is 6.22. The third-order valence-corrected chi connectivity index (χ3v) is 2.96. The van der Waals surface area contributed by atoms with E-state index in [1.165, 1.54) is 0 Å². The summed E-state index contributed by atoms with van der Waals surface area (Å²) in [6.07, 6.45) is 0. The molecule has 0 fully saturated rings. The molecule has 0 saturated carbocycles. The van der Waals surface area contributed by atoms with Crippen molar-refractivity contribution in [3.8, 4) is 0 Å². The van der Waals surface area contributed by atoms with E-state index < -0.39 is 5.97 Å². The predicted octanol–water partition coefficient (Wildman–Crippen LogP) is 4.03. The highest BCUT2D eigenvalue weighted by Crippen LogP contribution is 2.29. The van der Waals surface area contributed by atoms with Gasteiger partial charge in [-0.15, -0.1) is 0 Å². The lowest BCUT2D eigenvalue weighted by molar-refractivity contribution is 0.0528. The number of carbonyl (C=O) groups is 1. The fourth-order valence-electron chi connectivity index (χ4n) is 1.76. The molecule has 1 aromatic carbocycles. The quantitative estimate of drug-likeness (QED) is 0.782. The van der Waals surface area contributed by atoms with E-state index >= 15 is 0 Å². The highest BCUT2D eigenvalue weighted by molar-refractivity contribution is 6.38. The van der Waals surface area contributed by atoms with Crippen molar-refractivity contribution in [3.63, 3.8) is 0 Å². The molecule has 1 aromatic heterocycles. The minimum Gasteiger partial charge on any atom is -0.462 e. The fraction of sp³-hybridized carbons (Fsp3) is 0.231. The smallest absolute Gasteiger partial charge is 0.338 e. The van der Waals surface area contributed by atoms with Gasteiger partial charge >= 0.3 is 5.97 Å². The van der Waals surface area contributed by atoms with Crippen LogP contribution in [0.15, 0.2) is 18.2 Å². The second-order valence-corrected chi connectivity index (χ2v) is 4.66. The Morgan fingerprint density at radius 1 is 1.33 bits per heavy atom. The summed E-state index contributed by atoms with van der Waals surface area (Å²) in [5.41, 5.74) is 1.70. The molecule has 3 nitrogen and oxygen atoms in total. The number of ether oxygens (including phenoxy) is 1. The summed E-state index contributed by atoms with van der Waals surface area (Å²) >= 11 is 12.0. The number of hydrogen-bond donors (Lipinski definition) is 0. The summed E-state index contributed by atoms with van der Waals surface area (Å²) in [5.74, 6) is -0.397. The van der Waals surface area contributed by atoms with Crippen molar-refractivity contribution in [1.29, 1.82) is 0 Å². The van der Waals surface area contributed by atoms with Crippen LogP contribution in [-0.2, 0) is 4.74 Å². The zero-order valence-electron chi connectivity index (χ0n) is 9.96. The molecule has 0 aliphatic rings. The van der Waals surface area contributed by atoms with E-state index in [1.807, 2.05) is 0 Å². The monoisotopic (exact) mass is 283 g/mol. The summed E-state index contributed by atoms with van der Waals surface area (Å²) in [6, 6.07) is 4.95. The third-order valence-electron chi connectivity index (χ3n) is 2.46. The second kappa shape index (κ2) is 5.12. The van der Waals surface area contributed by atoms with E-state index in [9.17, 15) is 4.79 Å². The van der Waals surface area contributed by atoms with Crippen LogP contribution in [0.25, 0.3) is 10.9 Å². The topological polar surface area (TPSA) is 39.2 Å². The molecule has 0 amide bonds. The summed E-state index contributed by atoms with van der Waals surface area (Å²) in [6.45, 7) is 3.87. The van der Waals surface area contributed by atoms with Gasteiger partial charge in [-0.1, -0.05) is 23.2 Å². The number of nitrogens with zero attached hydrogens (tertiary/aromatic N) is 1. The van der Waals surface area contributed by atoms with Crippen molar-refractivity contribution in [2.24, 2.45) is 0 Å². The van der Waals surface area contributed by atoms with Crippen molar-refractivity contribution >= 4 is 40.1 Å². The molecule has 2 rings (SSSR count). The first-order valence-electron chi connectivity index (χ1n) is 5.46. The molecule has 5 heteroatoms. The summed E-state index contributed by atoms with van der Waals surface area (Å²) < 4.78 is 5.02. The molecule has 0 unspecified atom stereocenters. The van der Waals surface area contributed by atoms with E-state index in [-0.39, 0.29) is 0 Å². The largest absolute Gasteiger partial charge is 0.462 e. The Morgan fingerprint density at radius 2 is 2.06 bits per heavy atom. The Morgan fingerprint density at radius 3 is 2.72 bits per heavy atom. The molecular formula is C13H11Cl2NO2. The molecule has 0 atom stereocenters. The molecule has 0 spiro atoms. The number of hydrogen-bond acceptors (Lipinski definition) is 3. The molecule has 18 heavy (non-hydrogen) atoms. The van der Waals surface area contributed by atoms with Gasteiger partial charge in [0.15, 0.2) is 0 Å². The maximum Gasteiger partial charge on any atom is 0.338 e. The third kappa shape index (κ3) is 2.42. The zero-order chi connectivity index (χ0) is 13.3. The van der Waals surface area contributed by atoms with Crippen molar-refractivity contribution < 1.29 is 9.53 Å². The van der Waals surface area contributed by atoms with Gasteiger partial charge in [0.05, 0.1) is 22.7 Å². The number of carbonyl (C=O) groups excluding carboxylic acids is 1. The van der Waals surface area contributed by atoms with Crippen molar-refractivity contribution in [2.75, 3.05) is 6.61 Å². The molecule has 2 aromatic rings.